The van der Waals surface area contributed by atoms with Crippen molar-refractivity contribution in [1.29, 1.82) is 0 Å². The number of rotatable bonds is 8. The maximum Gasteiger partial charge on any atom is 0.191 e. The molecule has 0 aliphatic rings. The summed E-state index contributed by atoms with van der Waals surface area (Å²) >= 11 is 1.75. The maximum atomic E-state index is 13.6. The van der Waals surface area contributed by atoms with Gasteiger partial charge in [-0.1, -0.05) is 6.07 Å². The zero-order valence-electron chi connectivity index (χ0n) is 15.9. The van der Waals surface area contributed by atoms with Gasteiger partial charge in [-0.05, 0) is 50.3 Å². The molecule has 26 heavy (non-hydrogen) atoms. The van der Waals surface area contributed by atoms with Crippen LogP contribution < -0.4 is 10.6 Å². The molecule has 0 spiro atoms. The summed E-state index contributed by atoms with van der Waals surface area (Å²) in [5.41, 5.74) is 1.15. The van der Waals surface area contributed by atoms with Crippen LogP contribution in [0, 0.1) is 5.82 Å². The van der Waals surface area contributed by atoms with E-state index in [0.717, 1.165) is 6.54 Å². The molecule has 0 amide bonds. The SMILES string of the molecule is CCNC(=NCc1cc(F)ccc1CS(C)(=O)=O)NCC(C)(C)SC.I. The lowest BCUT2D eigenvalue weighted by Gasteiger charge is -2.23. The van der Waals surface area contributed by atoms with E-state index in [0.29, 0.717) is 23.6 Å². The fourth-order valence-corrected chi connectivity index (χ4v) is 3.10. The number of nitrogens with one attached hydrogen (secondary N) is 2. The molecule has 0 unspecified atom stereocenters. The van der Waals surface area contributed by atoms with Crippen molar-refractivity contribution < 1.29 is 12.8 Å². The van der Waals surface area contributed by atoms with E-state index in [2.05, 4.69) is 35.7 Å². The second-order valence-corrected chi connectivity index (χ2v) is 10.1. The monoisotopic (exact) mass is 517 g/mol. The summed E-state index contributed by atoms with van der Waals surface area (Å²) in [7, 11) is -3.20. The Morgan fingerprint density at radius 3 is 2.46 bits per heavy atom. The zero-order valence-corrected chi connectivity index (χ0v) is 19.9. The highest BCUT2D eigenvalue weighted by molar-refractivity contribution is 14.0. The van der Waals surface area contributed by atoms with E-state index in [1.165, 1.54) is 24.5 Å². The first-order chi connectivity index (χ1) is 11.6. The van der Waals surface area contributed by atoms with Crippen LogP contribution in [0.5, 0.6) is 0 Å². The summed E-state index contributed by atoms with van der Waals surface area (Å²) in [5, 5.41) is 6.42. The fraction of sp³-hybridized carbons (Fsp3) is 0.588. The highest BCUT2D eigenvalue weighted by Crippen LogP contribution is 2.19. The van der Waals surface area contributed by atoms with Crippen molar-refractivity contribution in [2.45, 2.75) is 37.8 Å². The molecule has 0 aromatic heterocycles. The van der Waals surface area contributed by atoms with Gasteiger partial charge in [-0.3, -0.25) is 0 Å². The minimum Gasteiger partial charge on any atom is -0.357 e. The van der Waals surface area contributed by atoms with E-state index < -0.39 is 15.7 Å². The average molecular weight is 517 g/mol. The summed E-state index contributed by atoms with van der Waals surface area (Å²) in [5.74, 6) is 0.102. The molecule has 1 aromatic carbocycles. The van der Waals surface area contributed by atoms with Crippen LogP contribution in [-0.2, 0) is 22.1 Å². The first kappa shape index (κ1) is 25.4. The number of aliphatic imine (C=N–C) groups is 1. The second kappa shape index (κ2) is 11.3. The van der Waals surface area contributed by atoms with E-state index in [4.69, 9.17) is 0 Å². The molecular weight excluding hydrogens is 488 g/mol. The molecule has 0 saturated carbocycles. The van der Waals surface area contributed by atoms with Crippen molar-refractivity contribution in [3.05, 3.63) is 35.1 Å². The zero-order chi connectivity index (χ0) is 19.1. The fourth-order valence-electron chi connectivity index (χ4n) is 2.04. The quantitative estimate of drug-likeness (QED) is 0.315. The smallest absolute Gasteiger partial charge is 0.191 e. The summed E-state index contributed by atoms with van der Waals surface area (Å²) in [6.07, 6.45) is 3.22. The summed E-state index contributed by atoms with van der Waals surface area (Å²) in [6, 6.07) is 4.13. The molecule has 1 aromatic rings. The highest BCUT2D eigenvalue weighted by atomic mass is 127. The number of hydrogen-bond donors (Lipinski definition) is 2. The van der Waals surface area contributed by atoms with Crippen molar-refractivity contribution in [2.24, 2.45) is 4.99 Å². The summed E-state index contributed by atoms with van der Waals surface area (Å²) < 4.78 is 36.8. The number of guanidine groups is 1. The predicted octanol–water partition coefficient (Wildman–Crippen LogP) is 3.19. The van der Waals surface area contributed by atoms with Gasteiger partial charge in [0.25, 0.3) is 0 Å². The van der Waals surface area contributed by atoms with E-state index in [9.17, 15) is 12.8 Å². The molecule has 5 nitrogen and oxygen atoms in total. The van der Waals surface area contributed by atoms with Gasteiger partial charge in [-0.15, -0.1) is 24.0 Å². The van der Waals surface area contributed by atoms with Gasteiger partial charge in [-0.25, -0.2) is 17.8 Å². The molecule has 0 aliphatic carbocycles. The Morgan fingerprint density at radius 1 is 1.27 bits per heavy atom. The van der Waals surface area contributed by atoms with Gasteiger partial charge in [0.2, 0.25) is 0 Å². The first-order valence-electron chi connectivity index (χ1n) is 8.08. The number of benzene rings is 1. The Bertz CT molecular complexity index is 710. The number of halogens is 2. The molecule has 0 aliphatic heterocycles. The highest BCUT2D eigenvalue weighted by Gasteiger charge is 2.16. The summed E-state index contributed by atoms with van der Waals surface area (Å²) in [6.45, 7) is 7.85. The lowest BCUT2D eigenvalue weighted by Crippen LogP contribution is -2.43. The largest absolute Gasteiger partial charge is 0.357 e. The number of hydrogen-bond acceptors (Lipinski definition) is 4. The Hall–Kier alpha value is -0.550. The third-order valence-corrected chi connectivity index (χ3v) is 5.66. The van der Waals surface area contributed by atoms with Gasteiger partial charge >= 0.3 is 0 Å². The van der Waals surface area contributed by atoms with Crippen molar-refractivity contribution in [3.63, 3.8) is 0 Å². The second-order valence-electron chi connectivity index (χ2n) is 6.50. The molecular formula is C17H29FIN3O2S2. The molecule has 0 saturated heterocycles. The normalized spacial score (nSPS) is 12.5. The Morgan fingerprint density at radius 2 is 1.92 bits per heavy atom. The Kier molecular flexibility index (Phi) is 11.1. The van der Waals surface area contributed by atoms with Crippen molar-refractivity contribution >= 4 is 51.5 Å². The van der Waals surface area contributed by atoms with Crippen molar-refractivity contribution in [3.8, 4) is 0 Å². The van der Waals surface area contributed by atoms with E-state index in [1.54, 1.807) is 11.8 Å². The molecule has 2 N–H and O–H groups in total. The maximum absolute atomic E-state index is 13.6. The minimum atomic E-state index is -3.20. The standard InChI is InChI=1S/C17H28FN3O2S2.HI/c1-6-19-16(21-12-17(2,3)24-4)20-10-14-9-15(18)8-7-13(14)11-25(5,22)23;/h7-9H,6,10-12H2,1-5H3,(H2,19,20,21);1H. The molecule has 9 heteroatoms. The molecule has 0 bridgehead atoms. The minimum absolute atomic E-state index is 0. The van der Waals surface area contributed by atoms with Gasteiger partial charge in [0.15, 0.2) is 15.8 Å². The van der Waals surface area contributed by atoms with Crippen LogP contribution in [0.25, 0.3) is 0 Å². The van der Waals surface area contributed by atoms with Gasteiger partial charge in [-0.2, -0.15) is 11.8 Å². The van der Waals surface area contributed by atoms with E-state index >= 15 is 0 Å². The van der Waals surface area contributed by atoms with Crippen LogP contribution in [-0.4, -0.2) is 44.7 Å². The average Bonchev–Trinajstić information content (AvgIpc) is 2.51. The number of thioether (sulfide) groups is 1. The molecule has 150 valence electrons. The number of sulfone groups is 1. The Labute approximate surface area is 177 Å². The molecule has 1 rings (SSSR count). The lowest BCUT2D eigenvalue weighted by molar-refractivity contribution is 0.600. The summed E-state index contributed by atoms with van der Waals surface area (Å²) in [4.78, 5) is 4.48. The Balaban J connectivity index is 0.00000625. The first-order valence-corrected chi connectivity index (χ1v) is 11.4. The predicted molar refractivity (Wildman–Crippen MR) is 121 cm³/mol. The van der Waals surface area contributed by atoms with Crippen molar-refractivity contribution in [1.82, 2.24) is 10.6 Å². The van der Waals surface area contributed by atoms with Crippen LogP contribution >= 0.6 is 35.7 Å². The molecule has 0 heterocycles. The van der Waals surface area contributed by atoms with E-state index in [1.807, 2.05) is 6.92 Å². The van der Waals surface area contributed by atoms with Gasteiger partial charge in [0.05, 0.1) is 12.3 Å². The van der Waals surface area contributed by atoms with Gasteiger partial charge in [0, 0.05) is 24.1 Å². The van der Waals surface area contributed by atoms with Gasteiger partial charge < -0.3 is 10.6 Å². The molecule has 0 atom stereocenters. The van der Waals surface area contributed by atoms with Crippen LogP contribution in [0.15, 0.2) is 23.2 Å². The van der Waals surface area contributed by atoms with Crippen LogP contribution in [0.3, 0.4) is 0 Å². The number of nitrogens with zero attached hydrogens (tertiary/aromatic N) is 1. The van der Waals surface area contributed by atoms with Crippen LogP contribution in [0.2, 0.25) is 0 Å². The lowest BCUT2D eigenvalue weighted by atomic mass is 10.1. The third kappa shape index (κ3) is 9.96. The third-order valence-electron chi connectivity index (χ3n) is 3.57. The van der Waals surface area contributed by atoms with Crippen LogP contribution in [0.4, 0.5) is 4.39 Å². The van der Waals surface area contributed by atoms with E-state index in [-0.39, 0.29) is 41.0 Å². The topological polar surface area (TPSA) is 70.6 Å². The molecule has 0 radical (unpaired) electrons. The van der Waals surface area contributed by atoms with Gasteiger partial charge in [0.1, 0.15) is 5.82 Å². The van der Waals surface area contributed by atoms with Crippen LogP contribution in [0.1, 0.15) is 31.9 Å². The van der Waals surface area contributed by atoms with Crippen molar-refractivity contribution in [2.75, 3.05) is 25.6 Å². The molecule has 0 fully saturated rings.